The molecule has 168 valence electrons. The van der Waals surface area contributed by atoms with E-state index in [2.05, 4.69) is 5.32 Å². The minimum atomic E-state index is -0.241. The molecule has 2 fully saturated rings. The van der Waals surface area contributed by atoms with Crippen LogP contribution in [0.5, 0.6) is 0 Å². The average Bonchev–Trinajstić information content (AvgIpc) is 3.54. The molecule has 0 unspecified atom stereocenters. The van der Waals surface area contributed by atoms with Crippen molar-refractivity contribution in [3.63, 3.8) is 0 Å². The lowest BCUT2D eigenvalue weighted by atomic mass is 9.95. The molecule has 0 atom stereocenters. The third-order valence-electron chi connectivity index (χ3n) is 7.11. The number of benzene rings is 1. The monoisotopic (exact) mass is 433 g/mol. The maximum atomic E-state index is 13.4. The van der Waals surface area contributed by atoms with Crippen molar-refractivity contribution in [1.82, 2.24) is 14.8 Å². The van der Waals surface area contributed by atoms with Gasteiger partial charge in [0.25, 0.3) is 11.5 Å². The third-order valence-corrected chi connectivity index (χ3v) is 7.11. The highest BCUT2D eigenvalue weighted by Gasteiger charge is 2.36. The number of aromatic nitrogens is 1. The number of pyridine rings is 1. The van der Waals surface area contributed by atoms with E-state index in [1.807, 2.05) is 41.4 Å². The van der Waals surface area contributed by atoms with Gasteiger partial charge in [-0.2, -0.15) is 0 Å². The van der Waals surface area contributed by atoms with Gasteiger partial charge >= 0.3 is 0 Å². The van der Waals surface area contributed by atoms with Crippen LogP contribution in [-0.2, 0) is 30.7 Å². The summed E-state index contributed by atoms with van der Waals surface area (Å²) >= 11 is 0. The maximum absolute atomic E-state index is 13.4. The van der Waals surface area contributed by atoms with E-state index in [9.17, 15) is 14.4 Å². The third kappa shape index (κ3) is 4.36. The number of hydrogen-bond donors (Lipinski definition) is 1. The van der Waals surface area contributed by atoms with E-state index in [0.717, 1.165) is 55.2 Å². The molecule has 0 radical (unpaired) electrons. The van der Waals surface area contributed by atoms with Crippen molar-refractivity contribution < 1.29 is 9.59 Å². The van der Waals surface area contributed by atoms with E-state index in [-0.39, 0.29) is 29.3 Å². The highest BCUT2D eigenvalue weighted by molar-refractivity contribution is 5.96. The number of fused-ring (bicyclic) bond motifs is 1. The van der Waals surface area contributed by atoms with E-state index >= 15 is 0 Å². The van der Waals surface area contributed by atoms with Gasteiger partial charge in [-0.1, -0.05) is 43.2 Å². The SMILES string of the molecule is O=C(NC1CCCC1)c1c2c(cn(CCc3ccccc3)c1=O)CN(C(=O)C1CC1)CC2. The number of nitrogens with zero attached hydrogens (tertiary/aromatic N) is 2. The molecular weight excluding hydrogens is 402 g/mol. The molecular formula is C26H31N3O3. The fourth-order valence-corrected chi connectivity index (χ4v) is 5.11. The molecule has 0 spiro atoms. The molecule has 32 heavy (non-hydrogen) atoms. The van der Waals surface area contributed by atoms with E-state index < -0.39 is 0 Å². The van der Waals surface area contributed by atoms with Crippen molar-refractivity contribution >= 4 is 11.8 Å². The predicted molar refractivity (Wildman–Crippen MR) is 122 cm³/mol. The van der Waals surface area contributed by atoms with Gasteiger partial charge in [-0.3, -0.25) is 14.4 Å². The summed E-state index contributed by atoms with van der Waals surface area (Å²) in [5.74, 6) is 0.148. The Balaban J connectivity index is 1.46. The van der Waals surface area contributed by atoms with Crippen molar-refractivity contribution in [2.75, 3.05) is 6.54 Å². The molecule has 1 aromatic heterocycles. The number of carbonyl (C=O) groups is 2. The first-order chi connectivity index (χ1) is 15.6. The molecule has 2 saturated carbocycles. The minimum absolute atomic E-state index is 0.159. The zero-order chi connectivity index (χ0) is 22.1. The number of nitrogens with one attached hydrogen (secondary N) is 1. The Morgan fingerprint density at radius 3 is 2.50 bits per heavy atom. The summed E-state index contributed by atoms with van der Waals surface area (Å²) in [6, 6.07) is 10.2. The van der Waals surface area contributed by atoms with Gasteiger partial charge < -0.3 is 14.8 Å². The zero-order valence-electron chi connectivity index (χ0n) is 18.5. The fraction of sp³-hybridized carbons (Fsp3) is 0.500. The second-order valence-corrected chi connectivity index (χ2v) is 9.48. The summed E-state index contributed by atoms with van der Waals surface area (Å²) < 4.78 is 1.68. The van der Waals surface area contributed by atoms with Crippen LogP contribution in [0.15, 0.2) is 41.3 Å². The van der Waals surface area contributed by atoms with Crippen molar-refractivity contribution in [1.29, 1.82) is 0 Å². The molecule has 3 aliphatic rings. The standard InChI is InChI=1S/C26H31N3O3/c30-24(27-21-8-4-5-9-21)23-22-13-15-28(25(31)19-10-11-19)16-20(22)17-29(26(23)32)14-12-18-6-2-1-3-7-18/h1-3,6-7,17,19,21H,4-5,8-16H2,(H,27,30). The van der Waals surface area contributed by atoms with Crippen LogP contribution in [0, 0.1) is 5.92 Å². The van der Waals surface area contributed by atoms with Gasteiger partial charge in [0.2, 0.25) is 5.91 Å². The normalized spacial score (nSPS) is 18.4. The summed E-state index contributed by atoms with van der Waals surface area (Å²) in [5, 5.41) is 3.12. The first kappa shape index (κ1) is 21.0. The van der Waals surface area contributed by atoms with Crippen molar-refractivity contribution in [3.8, 4) is 0 Å². The Bertz CT molecular complexity index is 1070. The summed E-state index contributed by atoms with van der Waals surface area (Å²) in [6.45, 7) is 1.58. The second kappa shape index (κ2) is 8.93. The first-order valence-corrected chi connectivity index (χ1v) is 12.0. The van der Waals surface area contributed by atoms with Crippen LogP contribution in [-0.4, -0.2) is 33.9 Å². The van der Waals surface area contributed by atoms with Crippen LogP contribution in [0.2, 0.25) is 0 Å². The van der Waals surface area contributed by atoms with Gasteiger partial charge in [-0.15, -0.1) is 0 Å². The van der Waals surface area contributed by atoms with Gasteiger partial charge in [-0.05, 0) is 55.2 Å². The molecule has 0 saturated heterocycles. The molecule has 6 nitrogen and oxygen atoms in total. The Labute approximate surface area is 188 Å². The Hall–Kier alpha value is -2.89. The molecule has 6 heteroatoms. The molecule has 2 aromatic rings. The molecule has 2 heterocycles. The van der Waals surface area contributed by atoms with E-state index in [0.29, 0.717) is 38.0 Å². The van der Waals surface area contributed by atoms with Crippen LogP contribution in [0.4, 0.5) is 0 Å². The van der Waals surface area contributed by atoms with Gasteiger partial charge in [-0.25, -0.2) is 0 Å². The van der Waals surface area contributed by atoms with Gasteiger partial charge in [0.05, 0.1) is 0 Å². The number of carbonyl (C=O) groups excluding carboxylic acids is 2. The predicted octanol–water partition coefficient (Wildman–Crippen LogP) is 3.06. The highest BCUT2D eigenvalue weighted by atomic mass is 16.2. The number of aryl methyl sites for hydroxylation is 2. The molecule has 1 N–H and O–H groups in total. The Morgan fingerprint density at radius 1 is 1.03 bits per heavy atom. The Kier molecular flexibility index (Phi) is 5.85. The van der Waals surface area contributed by atoms with E-state index in [4.69, 9.17) is 0 Å². The summed E-state index contributed by atoms with van der Waals surface area (Å²) in [5.41, 5.74) is 3.01. The van der Waals surface area contributed by atoms with Crippen molar-refractivity contribution in [2.24, 2.45) is 5.92 Å². The molecule has 0 bridgehead atoms. The van der Waals surface area contributed by atoms with Crippen LogP contribution in [0.25, 0.3) is 0 Å². The summed E-state index contributed by atoms with van der Waals surface area (Å²) in [7, 11) is 0. The molecule has 2 amide bonds. The molecule has 2 aliphatic carbocycles. The minimum Gasteiger partial charge on any atom is -0.349 e. The lowest BCUT2D eigenvalue weighted by Gasteiger charge is -2.31. The van der Waals surface area contributed by atoms with Crippen LogP contribution in [0.1, 0.15) is 65.6 Å². The average molecular weight is 434 g/mol. The lowest BCUT2D eigenvalue weighted by molar-refractivity contribution is -0.133. The van der Waals surface area contributed by atoms with Crippen molar-refractivity contribution in [2.45, 2.75) is 70.5 Å². The van der Waals surface area contributed by atoms with E-state index in [1.165, 1.54) is 0 Å². The molecule has 1 aromatic carbocycles. The number of hydrogen-bond acceptors (Lipinski definition) is 3. The lowest BCUT2D eigenvalue weighted by Crippen LogP contribution is -2.43. The Morgan fingerprint density at radius 2 is 1.78 bits per heavy atom. The van der Waals surface area contributed by atoms with Crippen LogP contribution in [0.3, 0.4) is 0 Å². The number of rotatable bonds is 6. The van der Waals surface area contributed by atoms with Gasteiger partial charge in [0.1, 0.15) is 5.56 Å². The quantitative estimate of drug-likeness (QED) is 0.761. The maximum Gasteiger partial charge on any atom is 0.263 e. The van der Waals surface area contributed by atoms with Crippen LogP contribution < -0.4 is 10.9 Å². The number of amides is 2. The molecule has 5 rings (SSSR count). The summed E-state index contributed by atoms with van der Waals surface area (Å²) in [6.07, 6.45) is 9.33. The van der Waals surface area contributed by atoms with Gasteiger partial charge in [0, 0.05) is 37.8 Å². The smallest absolute Gasteiger partial charge is 0.263 e. The topological polar surface area (TPSA) is 71.4 Å². The van der Waals surface area contributed by atoms with Crippen LogP contribution >= 0.6 is 0 Å². The summed E-state index contributed by atoms with van der Waals surface area (Å²) in [4.78, 5) is 41.2. The molecule has 1 aliphatic heterocycles. The first-order valence-electron chi connectivity index (χ1n) is 12.0. The second-order valence-electron chi connectivity index (χ2n) is 9.48. The zero-order valence-corrected chi connectivity index (χ0v) is 18.5. The fourth-order valence-electron chi connectivity index (χ4n) is 5.11. The van der Waals surface area contributed by atoms with Crippen molar-refractivity contribution in [3.05, 3.63) is 69.1 Å². The highest BCUT2D eigenvalue weighted by Crippen LogP contribution is 2.33. The van der Waals surface area contributed by atoms with E-state index in [1.54, 1.807) is 4.57 Å². The van der Waals surface area contributed by atoms with Gasteiger partial charge in [0.15, 0.2) is 0 Å². The largest absolute Gasteiger partial charge is 0.349 e.